The van der Waals surface area contributed by atoms with Crippen LogP contribution in [0.1, 0.15) is 12.5 Å². The molecular formula is C24H19Cl2N5O2S. The Kier molecular flexibility index (Phi) is 7.52. The first-order valence-electron chi connectivity index (χ1n) is 10.1. The van der Waals surface area contributed by atoms with Crippen molar-refractivity contribution < 1.29 is 9.90 Å². The Bertz CT molecular complexity index is 1340. The van der Waals surface area contributed by atoms with E-state index in [9.17, 15) is 9.90 Å². The number of hydrazone groups is 1. The predicted octanol–water partition coefficient (Wildman–Crippen LogP) is 5.58. The maximum absolute atomic E-state index is 12.5. The average molecular weight is 512 g/mol. The lowest BCUT2D eigenvalue weighted by molar-refractivity contribution is -0.118. The molecule has 0 saturated carbocycles. The van der Waals surface area contributed by atoms with Crippen molar-refractivity contribution in [2.75, 3.05) is 5.75 Å². The van der Waals surface area contributed by atoms with Crippen molar-refractivity contribution in [2.45, 2.75) is 12.1 Å². The third-order valence-corrected chi connectivity index (χ3v) is 6.23. The van der Waals surface area contributed by atoms with E-state index in [0.717, 1.165) is 11.3 Å². The molecule has 0 unspecified atom stereocenters. The topological polar surface area (TPSA) is 92.4 Å². The molecule has 10 heteroatoms. The van der Waals surface area contributed by atoms with E-state index >= 15 is 0 Å². The minimum atomic E-state index is -0.321. The number of hydrogen-bond donors (Lipinski definition) is 2. The second-order valence-corrected chi connectivity index (χ2v) is 8.98. The molecule has 1 heterocycles. The molecule has 0 aliphatic rings. The van der Waals surface area contributed by atoms with Gasteiger partial charge in [0.1, 0.15) is 5.75 Å². The molecule has 7 nitrogen and oxygen atoms in total. The number of halogens is 2. The van der Waals surface area contributed by atoms with Gasteiger partial charge in [0, 0.05) is 26.9 Å². The first-order chi connectivity index (χ1) is 16.4. The zero-order chi connectivity index (χ0) is 24.1. The fraction of sp³-hybridized carbons (Fsp3) is 0.0833. The Hall–Kier alpha value is -3.33. The molecule has 172 valence electrons. The average Bonchev–Trinajstić information content (AvgIpc) is 3.26. The maximum Gasteiger partial charge on any atom is 0.250 e. The van der Waals surface area contributed by atoms with Gasteiger partial charge in [-0.05, 0) is 67.6 Å². The highest BCUT2D eigenvalue weighted by Crippen LogP contribution is 2.29. The Morgan fingerprint density at radius 3 is 2.32 bits per heavy atom. The van der Waals surface area contributed by atoms with Crippen LogP contribution in [0.3, 0.4) is 0 Å². The summed E-state index contributed by atoms with van der Waals surface area (Å²) in [4.78, 5) is 12.5. The molecule has 1 aromatic heterocycles. The predicted molar refractivity (Wildman–Crippen MR) is 136 cm³/mol. The highest BCUT2D eigenvalue weighted by Gasteiger charge is 2.17. The number of nitrogens with zero attached hydrogens (tertiary/aromatic N) is 4. The molecule has 1 amide bonds. The third-order valence-electron chi connectivity index (χ3n) is 4.80. The second-order valence-electron chi connectivity index (χ2n) is 7.16. The zero-order valence-electron chi connectivity index (χ0n) is 17.9. The fourth-order valence-corrected chi connectivity index (χ4v) is 4.12. The van der Waals surface area contributed by atoms with Crippen molar-refractivity contribution in [1.82, 2.24) is 20.2 Å². The first-order valence-corrected chi connectivity index (χ1v) is 11.9. The molecule has 0 spiro atoms. The van der Waals surface area contributed by atoms with Gasteiger partial charge < -0.3 is 5.11 Å². The van der Waals surface area contributed by atoms with Crippen LogP contribution >= 0.6 is 35.0 Å². The molecule has 0 aliphatic heterocycles. The summed E-state index contributed by atoms with van der Waals surface area (Å²) in [5, 5.41) is 24.4. The lowest BCUT2D eigenvalue weighted by Crippen LogP contribution is -2.21. The number of benzene rings is 3. The van der Waals surface area contributed by atoms with Crippen LogP contribution in [0.25, 0.3) is 17.1 Å². The number of hydrogen-bond acceptors (Lipinski definition) is 6. The minimum absolute atomic E-state index is 0.0594. The number of amides is 1. The van der Waals surface area contributed by atoms with Crippen LogP contribution in [0, 0.1) is 0 Å². The first kappa shape index (κ1) is 23.8. The van der Waals surface area contributed by atoms with Crippen LogP contribution in [0.4, 0.5) is 0 Å². The number of carbonyl (C=O) groups is 1. The lowest BCUT2D eigenvalue weighted by atomic mass is 10.1. The summed E-state index contributed by atoms with van der Waals surface area (Å²) < 4.78 is 1.86. The molecule has 0 fully saturated rings. The van der Waals surface area contributed by atoms with E-state index in [-0.39, 0.29) is 17.4 Å². The standard InChI is InChI=1S/C24H19Cl2N5O2S/c1-15(20-4-2-3-5-21(20)32)27-28-22(33)14-34-24-30-29-23(16-6-8-17(25)9-7-16)31(24)19-12-10-18(26)11-13-19/h2-13,32H,14H2,1H3,(H,28,33)/b27-15+. The second kappa shape index (κ2) is 10.7. The number of rotatable bonds is 7. The molecule has 0 aliphatic carbocycles. The molecular weight excluding hydrogens is 493 g/mol. The molecule has 0 radical (unpaired) electrons. The number of phenols is 1. The van der Waals surface area contributed by atoms with Crippen molar-refractivity contribution >= 4 is 46.6 Å². The molecule has 4 aromatic rings. The van der Waals surface area contributed by atoms with E-state index in [1.54, 1.807) is 55.5 Å². The highest BCUT2D eigenvalue weighted by molar-refractivity contribution is 7.99. The summed E-state index contributed by atoms with van der Waals surface area (Å²) in [6.45, 7) is 1.71. The van der Waals surface area contributed by atoms with Crippen LogP contribution in [-0.4, -0.2) is 37.2 Å². The van der Waals surface area contributed by atoms with Crippen LogP contribution < -0.4 is 5.43 Å². The Morgan fingerprint density at radius 2 is 1.65 bits per heavy atom. The monoisotopic (exact) mass is 511 g/mol. The normalized spacial score (nSPS) is 11.4. The number of para-hydroxylation sites is 1. The van der Waals surface area contributed by atoms with Crippen LogP contribution in [0.5, 0.6) is 5.75 Å². The van der Waals surface area contributed by atoms with E-state index in [2.05, 4.69) is 20.7 Å². The van der Waals surface area contributed by atoms with E-state index in [1.165, 1.54) is 11.8 Å². The van der Waals surface area contributed by atoms with Gasteiger partial charge in [-0.2, -0.15) is 5.10 Å². The largest absolute Gasteiger partial charge is 0.507 e. The Labute approximate surface area is 210 Å². The van der Waals surface area contributed by atoms with E-state index < -0.39 is 0 Å². The third kappa shape index (κ3) is 5.59. The van der Waals surface area contributed by atoms with Gasteiger partial charge in [0.05, 0.1) is 11.5 Å². The summed E-state index contributed by atoms with van der Waals surface area (Å²) >= 11 is 13.3. The van der Waals surface area contributed by atoms with Crippen molar-refractivity contribution in [2.24, 2.45) is 5.10 Å². The molecule has 0 atom stereocenters. The van der Waals surface area contributed by atoms with Crippen LogP contribution in [0.2, 0.25) is 10.0 Å². The number of nitrogens with one attached hydrogen (secondary N) is 1. The van der Waals surface area contributed by atoms with E-state index in [4.69, 9.17) is 23.2 Å². The molecule has 2 N–H and O–H groups in total. The van der Waals surface area contributed by atoms with Crippen molar-refractivity contribution in [3.63, 3.8) is 0 Å². The molecule has 0 saturated heterocycles. The summed E-state index contributed by atoms with van der Waals surface area (Å²) in [7, 11) is 0. The van der Waals surface area contributed by atoms with Gasteiger partial charge in [0.15, 0.2) is 11.0 Å². The SMILES string of the molecule is C/C(=N\NC(=O)CSc1nnc(-c2ccc(Cl)cc2)n1-c1ccc(Cl)cc1)c1ccccc1O. The van der Waals surface area contributed by atoms with Crippen LogP contribution in [-0.2, 0) is 4.79 Å². The molecule has 4 rings (SSSR count). The maximum atomic E-state index is 12.5. The fourth-order valence-electron chi connectivity index (χ4n) is 3.12. The Balaban J connectivity index is 1.54. The summed E-state index contributed by atoms with van der Waals surface area (Å²) in [6, 6.07) is 21.3. The van der Waals surface area contributed by atoms with Gasteiger partial charge in [-0.3, -0.25) is 9.36 Å². The number of carbonyl (C=O) groups excluding carboxylic acids is 1. The molecule has 0 bridgehead atoms. The van der Waals surface area contributed by atoms with Crippen LogP contribution in [0.15, 0.2) is 83.1 Å². The molecule has 3 aromatic carbocycles. The van der Waals surface area contributed by atoms with Crippen molar-refractivity contribution in [3.8, 4) is 22.8 Å². The summed E-state index contributed by atoms with van der Waals surface area (Å²) in [5.74, 6) is 0.441. The van der Waals surface area contributed by atoms with Gasteiger partial charge in [0.2, 0.25) is 0 Å². The van der Waals surface area contributed by atoms with Gasteiger partial charge in [-0.1, -0.05) is 47.1 Å². The van der Waals surface area contributed by atoms with E-state index in [1.807, 2.05) is 28.8 Å². The van der Waals surface area contributed by atoms with Gasteiger partial charge >= 0.3 is 0 Å². The summed E-state index contributed by atoms with van der Waals surface area (Å²) in [6.07, 6.45) is 0. The number of thioether (sulfide) groups is 1. The number of aromatic nitrogens is 3. The minimum Gasteiger partial charge on any atom is -0.507 e. The summed E-state index contributed by atoms with van der Waals surface area (Å²) in [5.41, 5.74) is 5.18. The number of aromatic hydroxyl groups is 1. The van der Waals surface area contributed by atoms with Gasteiger partial charge in [0.25, 0.3) is 5.91 Å². The quantitative estimate of drug-likeness (QED) is 0.192. The smallest absolute Gasteiger partial charge is 0.250 e. The van der Waals surface area contributed by atoms with Crippen molar-refractivity contribution in [3.05, 3.63) is 88.4 Å². The van der Waals surface area contributed by atoms with E-state index in [0.29, 0.717) is 32.3 Å². The number of phenolic OH excluding ortho intramolecular Hbond substituents is 1. The van der Waals surface area contributed by atoms with Crippen molar-refractivity contribution in [1.29, 1.82) is 0 Å². The van der Waals surface area contributed by atoms with Gasteiger partial charge in [-0.25, -0.2) is 5.43 Å². The zero-order valence-corrected chi connectivity index (χ0v) is 20.3. The van der Waals surface area contributed by atoms with Gasteiger partial charge in [-0.15, -0.1) is 10.2 Å². The Morgan fingerprint density at radius 1 is 1.00 bits per heavy atom. The highest BCUT2D eigenvalue weighted by atomic mass is 35.5. The lowest BCUT2D eigenvalue weighted by Gasteiger charge is -2.10. The molecule has 34 heavy (non-hydrogen) atoms.